The van der Waals surface area contributed by atoms with E-state index in [0.29, 0.717) is 11.3 Å². The number of pyridine rings is 1. The number of halogens is 2. The van der Waals surface area contributed by atoms with E-state index in [9.17, 15) is 14.0 Å². The number of esters is 1. The molecule has 1 N–H and O–H groups in total. The summed E-state index contributed by atoms with van der Waals surface area (Å²) in [4.78, 5) is 27.8. The molecule has 0 bridgehead atoms. The van der Waals surface area contributed by atoms with Crippen LogP contribution in [0.3, 0.4) is 0 Å². The summed E-state index contributed by atoms with van der Waals surface area (Å²) in [5.41, 5.74) is 0.340. The molecule has 1 heterocycles. The third-order valence-corrected chi connectivity index (χ3v) is 3.40. The van der Waals surface area contributed by atoms with Crippen molar-refractivity contribution < 1.29 is 18.7 Å². The monoisotopic (exact) mass is 394 g/mol. The third-order valence-electron chi connectivity index (χ3n) is 2.80. The summed E-state index contributed by atoms with van der Waals surface area (Å²) in [6.07, 6.45) is 0.964. The molecule has 126 valence electrons. The summed E-state index contributed by atoms with van der Waals surface area (Å²) in [5, 5.41) is 2.63. The zero-order chi connectivity index (χ0) is 17.9. The molecule has 1 aromatic carbocycles. The Labute approximate surface area is 147 Å². The number of aromatic nitrogens is 1. The van der Waals surface area contributed by atoms with Crippen LogP contribution >= 0.6 is 15.9 Å². The molecule has 0 atom stereocenters. The molecule has 0 aliphatic heterocycles. The number of anilines is 1. The van der Waals surface area contributed by atoms with Gasteiger partial charge in [-0.15, -0.1) is 0 Å². The van der Waals surface area contributed by atoms with Crippen LogP contribution in [-0.4, -0.2) is 22.5 Å². The van der Waals surface area contributed by atoms with Gasteiger partial charge in [0.05, 0.1) is 16.2 Å². The van der Waals surface area contributed by atoms with Crippen molar-refractivity contribution in [1.82, 2.24) is 4.98 Å². The van der Waals surface area contributed by atoms with Crippen LogP contribution in [0.5, 0.6) is 0 Å². The molecule has 0 unspecified atom stereocenters. The maximum atomic E-state index is 13.0. The first-order valence-electron chi connectivity index (χ1n) is 7.11. The van der Waals surface area contributed by atoms with Crippen LogP contribution in [0.1, 0.15) is 41.6 Å². The number of rotatable bonds is 3. The highest BCUT2D eigenvalue weighted by atomic mass is 79.9. The molecular formula is C17H16BrFN2O3. The van der Waals surface area contributed by atoms with Gasteiger partial charge in [-0.2, -0.15) is 0 Å². The lowest BCUT2D eigenvalue weighted by atomic mass is 10.1. The quantitative estimate of drug-likeness (QED) is 0.792. The standard InChI is InChI=1S/C17H16BrFN2O3/c1-17(2,3)24-16(23)10-4-6-12(7-5-10)21-15(22)14-13(18)8-11(19)9-20-14/h4-9H,1-3H3,(H,21,22). The molecule has 2 aromatic rings. The van der Waals surface area contributed by atoms with E-state index in [1.54, 1.807) is 45.0 Å². The second-order valence-corrected chi connectivity index (χ2v) is 6.87. The lowest BCUT2D eigenvalue weighted by Gasteiger charge is -2.19. The number of carbonyl (C=O) groups is 2. The van der Waals surface area contributed by atoms with Gasteiger partial charge >= 0.3 is 5.97 Å². The number of hydrogen-bond donors (Lipinski definition) is 1. The molecular weight excluding hydrogens is 379 g/mol. The Kier molecular flexibility index (Phi) is 5.33. The smallest absolute Gasteiger partial charge is 0.338 e. The summed E-state index contributed by atoms with van der Waals surface area (Å²) in [6.45, 7) is 5.35. The summed E-state index contributed by atoms with van der Waals surface area (Å²) in [7, 11) is 0. The van der Waals surface area contributed by atoms with Crippen molar-refractivity contribution in [2.45, 2.75) is 26.4 Å². The van der Waals surface area contributed by atoms with Gasteiger partial charge in [-0.05, 0) is 67.0 Å². The zero-order valence-corrected chi connectivity index (χ0v) is 15.0. The van der Waals surface area contributed by atoms with Gasteiger partial charge in [0.15, 0.2) is 0 Å². The Balaban J connectivity index is 2.08. The number of ether oxygens (including phenoxy) is 1. The topological polar surface area (TPSA) is 68.3 Å². The Morgan fingerprint density at radius 2 is 1.83 bits per heavy atom. The lowest BCUT2D eigenvalue weighted by molar-refractivity contribution is 0.00695. The van der Waals surface area contributed by atoms with Crippen LogP contribution in [0.25, 0.3) is 0 Å². The number of amides is 1. The summed E-state index contributed by atoms with van der Waals surface area (Å²) >= 11 is 3.10. The number of carbonyl (C=O) groups excluding carboxylic acids is 2. The van der Waals surface area contributed by atoms with Crippen molar-refractivity contribution in [2.75, 3.05) is 5.32 Å². The van der Waals surface area contributed by atoms with Gasteiger partial charge in [0.1, 0.15) is 17.1 Å². The Bertz CT molecular complexity index is 770. The maximum Gasteiger partial charge on any atom is 0.338 e. The fourth-order valence-electron chi connectivity index (χ4n) is 1.80. The first-order valence-corrected chi connectivity index (χ1v) is 7.91. The Morgan fingerprint density at radius 1 is 1.21 bits per heavy atom. The fourth-order valence-corrected chi connectivity index (χ4v) is 2.30. The van der Waals surface area contributed by atoms with E-state index in [0.717, 1.165) is 12.3 Å². The summed E-state index contributed by atoms with van der Waals surface area (Å²) < 4.78 is 18.5. The van der Waals surface area contributed by atoms with Crippen LogP contribution in [0.2, 0.25) is 0 Å². The predicted octanol–water partition coefficient (Wildman–Crippen LogP) is 4.19. The molecule has 0 saturated carbocycles. The van der Waals surface area contributed by atoms with E-state index in [2.05, 4.69) is 26.2 Å². The first-order chi connectivity index (χ1) is 11.2. The van der Waals surface area contributed by atoms with E-state index in [1.165, 1.54) is 0 Å². The van der Waals surface area contributed by atoms with Crippen molar-refractivity contribution in [2.24, 2.45) is 0 Å². The molecule has 0 radical (unpaired) electrons. The molecule has 5 nitrogen and oxygen atoms in total. The minimum Gasteiger partial charge on any atom is -0.456 e. The second kappa shape index (κ2) is 7.09. The van der Waals surface area contributed by atoms with E-state index in [4.69, 9.17) is 4.74 Å². The Hall–Kier alpha value is -2.28. The van der Waals surface area contributed by atoms with Crippen LogP contribution < -0.4 is 5.32 Å². The lowest BCUT2D eigenvalue weighted by Crippen LogP contribution is -2.23. The van der Waals surface area contributed by atoms with Crippen molar-refractivity contribution in [3.05, 3.63) is 58.1 Å². The van der Waals surface area contributed by atoms with Crippen molar-refractivity contribution in [3.8, 4) is 0 Å². The van der Waals surface area contributed by atoms with Crippen molar-refractivity contribution in [1.29, 1.82) is 0 Å². The third kappa shape index (κ3) is 4.86. The fraction of sp³-hybridized carbons (Fsp3) is 0.235. The highest BCUT2D eigenvalue weighted by Crippen LogP contribution is 2.18. The molecule has 2 rings (SSSR count). The number of benzene rings is 1. The minimum atomic E-state index is -0.579. The van der Waals surface area contributed by atoms with Gasteiger partial charge in [0, 0.05) is 5.69 Å². The van der Waals surface area contributed by atoms with Crippen molar-refractivity contribution >= 4 is 33.5 Å². The van der Waals surface area contributed by atoms with Crippen LogP contribution in [0, 0.1) is 5.82 Å². The van der Waals surface area contributed by atoms with E-state index in [-0.39, 0.29) is 10.2 Å². The number of hydrogen-bond acceptors (Lipinski definition) is 4. The summed E-state index contributed by atoms with van der Waals surface area (Å²) in [6, 6.07) is 7.42. The van der Waals surface area contributed by atoms with Crippen molar-refractivity contribution in [3.63, 3.8) is 0 Å². The highest BCUT2D eigenvalue weighted by Gasteiger charge is 2.18. The zero-order valence-electron chi connectivity index (χ0n) is 13.4. The van der Waals surface area contributed by atoms with E-state index in [1.807, 2.05) is 0 Å². The van der Waals surface area contributed by atoms with Crippen LogP contribution in [0.4, 0.5) is 10.1 Å². The first kappa shape index (κ1) is 18.1. The molecule has 0 aliphatic rings. The minimum absolute atomic E-state index is 0.0626. The van der Waals surface area contributed by atoms with E-state index >= 15 is 0 Å². The van der Waals surface area contributed by atoms with Crippen LogP contribution in [0.15, 0.2) is 41.0 Å². The highest BCUT2D eigenvalue weighted by molar-refractivity contribution is 9.10. The van der Waals surface area contributed by atoms with Gasteiger partial charge in [-0.1, -0.05) is 0 Å². The van der Waals surface area contributed by atoms with Gasteiger partial charge in [-0.25, -0.2) is 14.2 Å². The average Bonchev–Trinajstić information content (AvgIpc) is 2.45. The molecule has 0 fully saturated rings. The molecule has 0 saturated heterocycles. The van der Waals surface area contributed by atoms with Gasteiger partial charge in [0.2, 0.25) is 0 Å². The SMILES string of the molecule is CC(C)(C)OC(=O)c1ccc(NC(=O)c2ncc(F)cc2Br)cc1. The Morgan fingerprint density at radius 3 is 2.38 bits per heavy atom. The number of nitrogens with zero attached hydrogens (tertiary/aromatic N) is 1. The molecule has 1 amide bonds. The van der Waals surface area contributed by atoms with Crippen LogP contribution in [-0.2, 0) is 4.74 Å². The second-order valence-electron chi connectivity index (χ2n) is 6.02. The van der Waals surface area contributed by atoms with Gasteiger partial charge < -0.3 is 10.1 Å². The molecule has 7 heteroatoms. The van der Waals surface area contributed by atoms with Gasteiger partial charge in [-0.3, -0.25) is 4.79 Å². The predicted molar refractivity (Wildman–Crippen MR) is 91.5 cm³/mol. The maximum absolute atomic E-state index is 13.0. The molecule has 1 aromatic heterocycles. The normalized spacial score (nSPS) is 11.0. The average molecular weight is 395 g/mol. The molecule has 24 heavy (non-hydrogen) atoms. The van der Waals surface area contributed by atoms with Gasteiger partial charge in [0.25, 0.3) is 5.91 Å². The molecule has 0 aliphatic carbocycles. The summed E-state index contributed by atoms with van der Waals surface area (Å²) in [5.74, 6) is -1.48. The largest absolute Gasteiger partial charge is 0.456 e. The number of nitrogens with one attached hydrogen (secondary N) is 1. The molecule has 0 spiro atoms. The van der Waals surface area contributed by atoms with E-state index < -0.39 is 23.3 Å².